The second kappa shape index (κ2) is 21.0. The molecule has 0 radical (unpaired) electrons. The third-order valence-corrected chi connectivity index (χ3v) is 5.47. The zero-order chi connectivity index (χ0) is 24.0. The van der Waals surface area contributed by atoms with Gasteiger partial charge >= 0.3 is 11.9 Å². The van der Waals surface area contributed by atoms with Crippen LogP contribution in [0.3, 0.4) is 0 Å². The summed E-state index contributed by atoms with van der Waals surface area (Å²) in [7, 11) is 0. The molecule has 0 N–H and O–H groups in total. The third-order valence-electron chi connectivity index (χ3n) is 5.47. The summed E-state index contributed by atoms with van der Waals surface area (Å²) in [6.45, 7) is 11.6. The predicted molar refractivity (Wildman–Crippen MR) is 134 cm³/mol. The molecule has 0 aliphatic carbocycles. The summed E-state index contributed by atoms with van der Waals surface area (Å²) < 4.78 is 10.1. The van der Waals surface area contributed by atoms with Crippen molar-refractivity contribution in [3.8, 4) is 0 Å². The van der Waals surface area contributed by atoms with Crippen molar-refractivity contribution >= 4 is 11.9 Å². The molecule has 184 valence electrons. The molecule has 32 heavy (non-hydrogen) atoms. The van der Waals surface area contributed by atoms with E-state index in [1.807, 2.05) is 0 Å². The largest absolute Gasteiger partial charge is 0.465 e. The Labute approximate surface area is 197 Å². The quantitative estimate of drug-likeness (QED) is 0.147. The Morgan fingerprint density at radius 2 is 1.06 bits per heavy atom. The molecule has 4 heteroatoms. The highest BCUT2D eigenvalue weighted by Gasteiger charge is 2.11. The Hall–Kier alpha value is -1.84. The van der Waals surface area contributed by atoms with Crippen LogP contribution in [-0.2, 0) is 19.1 Å². The number of rotatable bonds is 16. The van der Waals surface area contributed by atoms with E-state index in [-0.39, 0.29) is 6.42 Å². The minimum Gasteiger partial charge on any atom is -0.465 e. The first kappa shape index (κ1) is 30.2. The van der Waals surface area contributed by atoms with Gasteiger partial charge in [-0.05, 0) is 44.7 Å². The van der Waals surface area contributed by atoms with Crippen LogP contribution in [0.15, 0.2) is 18.2 Å². The lowest BCUT2D eigenvalue weighted by Crippen LogP contribution is -2.15. The number of hydrogen-bond acceptors (Lipinski definition) is 4. The number of unbranched alkanes of at least 4 members (excludes halogenated alkanes) is 10. The number of ether oxygens (including phenoxy) is 2. The maximum absolute atomic E-state index is 11.5. The normalized spacial score (nSPS) is 10.3. The van der Waals surface area contributed by atoms with Crippen LogP contribution in [0.1, 0.15) is 114 Å². The van der Waals surface area contributed by atoms with E-state index in [1.54, 1.807) is 0 Å². The first-order chi connectivity index (χ1) is 15.4. The highest BCUT2D eigenvalue weighted by atomic mass is 16.6. The van der Waals surface area contributed by atoms with Crippen LogP contribution >= 0.6 is 0 Å². The van der Waals surface area contributed by atoms with Gasteiger partial charge in [0, 0.05) is 0 Å². The zero-order valence-electron chi connectivity index (χ0n) is 21.5. The lowest BCUT2D eigenvalue weighted by atomic mass is 10.1. The second-order valence-corrected chi connectivity index (χ2v) is 8.74. The first-order valence-corrected chi connectivity index (χ1v) is 12.8. The fourth-order valence-electron chi connectivity index (χ4n) is 3.25. The molecule has 1 aromatic rings. The van der Waals surface area contributed by atoms with Crippen molar-refractivity contribution in [2.75, 3.05) is 13.2 Å². The fourth-order valence-corrected chi connectivity index (χ4v) is 3.25. The molecular formula is C28H48O4. The van der Waals surface area contributed by atoms with E-state index in [4.69, 9.17) is 9.47 Å². The van der Waals surface area contributed by atoms with Crippen molar-refractivity contribution in [2.24, 2.45) is 0 Å². The molecule has 0 aromatic heterocycles. The van der Waals surface area contributed by atoms with Gasteiger partial charge in [-0.1, -0.05) is 102 Å². The smallest absolute Gasteiger partial charge is 0.317 e. The summed E-state index contributed by atoms with van der Waals surface area (Å²) >= 11 is 0. The Balaban J connectivity index is 0.000000879. The highest BCUT2D eigenvalue weighted by Crippen LogP contribution is 2.08. The first-order valence-electron chi connectivity index (χ1n) is 12.8. The summed E-state index contributed by atoms with van der Waals surface area (Å²) in [6, 6.07) is 6.50. The average molecular weight is 449 g/mol. The molecule has 0 aliphatic heterocycles. The van der Waals surface area contributed by atoms with Crippen LogP contribution in [0, 0.1) is 20.8 Å². The summed E-state index contributed by atoms with van der Waals surface area (Å²) in [5, 5.41) is 0. The molecule has 0 fully saturated rings. The summed E-state index contributed by atoms with van der Waals surface area (Å²) in [6.07, 6.45) is 13.5. The Kier molecular flexibility index (Phi) is 19.8. The Morgan fingerprint density at radius 3 is 1.47 bits per heavy atom. The monoisotopic (exact) mass is 448 g/mol. The van der Waals surface area contributed by atoms with Crippen molar-refractivity contribution in [3.05, 3.63) is 34.9 Å². The number of carbonyl (C=O) groups is 2. The summed E-state index contributed by atoms with van der Waals surface area (Å²) in [5.41, 5.74) is 4.11. The van der Waals surface area contributed by atoms with Gasteiger partial charge in [0.15, 0.2) is 0 Å². The molecule has 0 aliphatic rings. The third kappa shape index (κ3) is 18.9. The summed E-state index contributed by atoms with van der Waals surface area (Å²) in [5.74, 6) is -0.932. The average Bonchev–Trinajstić information content (AvgIpc) is 2.75. The van der Waals surface area contributed by atoms with Gasteiger partial charge in [0.05, 0.1) is 13.2 Å². The molecule has 0 amide bonds. The zero-order valence-corrected chi connectivity index (χ0v) is 21.5. The molecule has 0 atom stereocenters. The van der Waals surface area contributed by atoms with Crippen molar-refractivity contribution in [1.82, 2.24) is 0 Å². The van der Waals surface area contributed by atoms with E-state index >= 15 is 0 Å². The van der Waals surface area contributed by atoms with Gasteiger partial charge in [-0.15, -0.1) is 0 Å². The van der Waals surface area contributed by atoms with Crippen LogP contribution < -0.4 is 0 Å². The number of aryl methyl sites for hydroxylation is 3. The minimum absolute atomic E-state index is 0.258. The maximum atomic E-state index is 11.5. The highest BCUT2D eigenvalue weighted by molar-refractivity contribution is 5.91. The van der Waals surface area contributed by atoms with Crippen LogP contribution in [0.25, 0.3) is 0 Å². The molecule has 0 spiro atoms. The number of carbonyl (C=O) groups excluding carboxylic acids is 2. The summed E-state index contributed by atoms with van der Waals surface area (Å²) in [4.78, 5) is 22.9. The van der Waals surface area contributed by atoms with Crippen LogP contribution in [0.4, 0.5) is 0 Å². The second-order valence-electron chi connectivity index (χ2n) is 8.74. The molecule has 0 saturated carbocycles. The van der Waals surface area contributed by atoms with Gasteiger partial charge in [0.1, 0.15) is 6.42 Å². The Bertz CT molecular complexity index is 581. The van der Waals surface area contributed by atoms with E-state index < -0.39 is 11.9 Å². The minimum atomic E-state index is -0.466. The molecule has 0 heterocycles. The molecule has 0 unspecified atom stereocenters. The van der Waals surface area contributed by atoms with Gasteiger partial charge in [0.25, 0.3) is 0 Å². The lowest BCUT2D eigenvalue weighted by molar-refractivity contribution is -0.154. The van der Waals surface area contributed by atoms with E-state index in [2.05, 4.69) is 52.8 Å². The molecule has 1 aromatic carbocycles. The maximum Gasteiger partial charge on any atom is 0.317 e. The molecular weight excluding hydrogens is 400 g/mol. The van der Waals surface area contributed by atoms with Crippen LogP contribution in [0.2, 0.25) is 0 Å². The van der Waals surface area contributed by atoms with Crippen LogP contribution in [0.5, 0.6) is 0 Å². The van der Waals surface area contributed by atoms with Gasteiger partial charge in [-0.2, -0.15) is 0 Å². The number of hydrogen-bond donors (Lipinski definition) is 0. The van der Waals surface area contributed by atoms with E-state index in [0.717, 1.165) is 25.7 Å². The van der Waals surface area contributed by atoms with E-state index in [1.165, 1.54) is 68.1 Å². The number of esters is 2. The molecule has 1 rings (SSSR count). The van der Waals surface area contributed by atoms with Gasteiger partial charge in [-0.25, -0.2) is 0 Å². The lowest BCUT2D eigenvalue weighted by Gasteiger charge is -2.06. The van der Waals surface area contributed by atoms with Crippen LogP contribution in [-0.4, -0.2) is 25.2 Å². The molecule has 4 nitrogen and oxygen atoms in total. The van der Waals surface area contributed by atoms with Crippen molar-refractivity contribution in [2.45, 2.75) is 118 Å². The van der Waals surface area contributed by atoms with E-state index in [9.17, 15) is 9.59 Å². The van der Waals surface area contributed by atoms with Gasteiger partial charge in [0.2, 0.25) is 0 Å². The SMILES string of the molecule is CCCCCCCCOC(=O)CC(=O)OCCCCCCCC.Cc1ccc(C)c(C)c1. The van der Waals surface area contributed by atoms with Crippen molar-refractivity contribution < 1.29 is 19.1 Å². The molecule has 0 saturated heterocycles. The van der Waals surface area contributed by atoms with Gasteiger partial charge in [-0.3, -0.25) is 9.59 Å². The number of benzene rings is 1. The van der Waals surface area contributed by atoms with E-state index in [0.29, 0.717) is 13.2 Å². The predicted octanol–water partition coefficient (Wildman–Crippen LogP) is 7.80. The molecule has 0 bridgehead atoms. The Morgan fingerprint density at radius 1 is 0.625 bits per heavy atom. The van der Waals surface area contributed by atoms with Gasteiger partial charge < -0.3 is 9.47 Å². The topological polar surface area (TPSA) is 52.6 Å². The standard InChI is InChI=1S/C19H36O4.C9H12/c1-3-5-7-9-11-13-15-22-18(20)17-19(21)23-16-14-12-10-8-6-4-2;1-7-4-5-8(2)9(3)6-7/h3-17H2,1-2H3;4-6H,1-3H3. The fraction of sp³-hybridized carbons (Fsp3) is 0.714. The van der Waals surface area contributed by atoms with Crippen molar-refractivity contribution in [3.63, 3.8) is 0 Å². The van der Waals surface area contributed by atoms with Crippen molar-refractivity contribution in [1.29, 1.82) is 0 Å².